The number of carboxylic acid groups (broad SMARTS) is 1. The van der Waals surface area contributed by atoms with E-state index in [0.717, 1.165) is 77.3 Å². The maximum Gasteiger partial charge on any atom is 0.317 e. The van der Waals surface area contributed by atoms with Gasteiger partial charge in [-0.25, -0.2) is 14.6 Å². The molecular weight excluding hydrogens is 506 g/mol. The number of hydrogen-bond acceptors (Lipinski definition) is 5. The molecule has 234 valence electrons. The van der Waals surface area contributed by atoms with E-state index >= 15 is 0 Å². The minimum atomic E-state index is -0.666. The Hall–Kier alpha value is -1.92. The molecule has 2 amide bonds. The Balaban J connectivity index is 0.00000191. The number of carboxylic acids is 1. The third-order valence-corrected chi connectivity index (χ3v) is 7.77. The fourth-order valence-electron chi connectivity index (χ4n) is 5.13. The van der Waals surface area contributed by atoms with Crippen LogP contribution in [0.3, 0.4) is 0 Å². The quantitative estimate of drug-likeness (QED) is 0.0843. The van der Waals surface area contributed by atoms with Crippen molar-refractivity contribution in [3.05, 3.63) is 0 Å². The zero-order chi connectivity index (χ0) is 30.0. The third-order valence-electron chi connectivity index (χ3n) is 7.77. The highest BCUT2D eigenvalue weighted by Crippen LogP contribution is 2.32. The molecular formula is C32H61N3O5. The lowest BCUT2D eigenvalue weighted by atomic mass is 9.81. The van der Waals surface area contributed by atoms with Gasteiger partial charge in [-0.3, -0.25) is 4.79 Å². The van der Waals surface area contributed by atoms with Gasteiger partial charge in [0.15, 0.2) is 0 Å². The van der Waals surface area contributed by atoms with Gasteiger partial charge in [-0.15, -0.1) is 0 Å². The number of aliphatic carboxylic acids is 1. The summed E-state index contributed by atoms with van der Waals surface area (Å²) in [4.78, 5) is 38.8. The number of unbranched alkanes of at least 4 members (excludes halogenated alkanes) is 6. The van der Waals surface area contributed by atoms with Gasteiger partial charge < -0.3 is 20.1 Å². The molecule has 2 N–H and O–H groups in total. The van der Waals surface area contributed by atoms with Crippen molar-refractivity contribution in [3.63, 3.8) is 0 Å². The molecule has 1 saturated carbocycles. The lowest BCUT2D eigenvalue weighted by molar-refractivity contribution is -0.143. The SMILES string of the molecule is CCCCCCCN(CCO[C@@H]1CCC[C@H](CCC(C(=O)O)C(C)C)C1)C(=O)NCCCC.CCCCN=C=O. The average Bonchev–Trinajstić information content (AvgIpc) is 2.92. The van der Waals surface area contributed by atoms with E-state index in [0.29, 0.717) is 25.6 Å². The number of carbonyl (C=O) groups excluding carboxylic acids is 2. The van der Waals surface area contributed by atoms with Gasteiger partial charge in [0, 0.05) is 19.6 Å². The summed E-state index contributed by atoms with van der Waals surface area (Å²) in [6.07, 6.45) is 18.0. The van der Waals surface area contributed by atoms with Crippen LogP contribution in [0.1, 0.15) is 131 Å². The first-order valence-corrected chi connectivity index (χ1v) is 16.2. The fourth-order valence-corrected chi connectivity index (χ4v) is 5.13. The molecule has 0 heterocycles. The summed E-state index contributed by atoms with van der Waals surface area (Å²) in [6.45, 7) is 13.8. The Bertz CT molecular complexity index is 681. The second kappa shape index (κ2) is 26.0. The van der Waals surface area contributed by atoms with Crippen molar-refractivity contribution in [2.75, 3.05) is 32.8 Å². The smallest absolute Gasteiger partial charge is 0.317 e. The Morgan fingerprint density at radius 3 is 2.33 bits per heavy atom. The summed E-state index contributed by atoms with van der Waals surface area (Å²) < 4.78 is 6.23. The zero-order valence-corrected chi connectivity index (χ0v) is 26.4. The first kappa shape index (κ1) is 38.1. The van der Waals surface area contributed by atoms with Crippen LogP contribution in [-0.4, -0.2) is 67.0 Å². The molecule has 1 fully saturated rings. The number of amides is 2. The second-order valence-corrected chi connectivity index (χ2v) is 11.6. The van der Waals surface area contributed by atoms with Crippen molar-refractivity contribution < 1.29 is 24.2 Å². The number of isocyanates is 1. The van der Waals surface area contributed by atoms with E-state index in [4.69, 9.17) is 4.74 Å². The highest BCUT2D eigenvalue weighted by molar-refractivity contribution is 5.74. The van der Waals surface area contributed by atoms with Crippen LogP contribution in [0.25, 0.3) is 0 Å². The molecule has 8 heteroatoms. The normalized spacial score (nSPS) is 17.4. The molecule has 0 aromatic rings. The maximum atomic E-state index is 12.6. The topological polar surface area (TPSA) is 108 Å². The van der Waals surface area contributed by atoms with Gasteiger partial charge in [-0.1, -0.05) is 86.0 Å². The van der Waals surface area contributed by atoms with Crippen molar-refractivity contribution in [1.29, 1.82) is 0 Å². The second-order valence-electron chi connectivity index (χ2n) is 11.6. The van der Waals surface area contributed by atoms with E-state index in [2.05, 4.69) is 31.1 Å². The predicted octanol–water partition coefficient (Wildman–Crippen LogP) is 7.60. The molecule has 0 radical (unpaired) electrons. The van der Waals surface area contributed by atoms with Gasteiger partial charge in [0.05, 0.1) is 25.2 Å². The average molecular weight is 568 g/mol. The van der Waals surface area contributed by atoms with Gasteiger partial charge in [-0.2, -0.15) is 0 Å². The lowest BCUT2D eigenvalue weighted by Gasteiger charge is -2.31. The highest BCUT2D eigenvalue weighted by Gasteiger charge is 2.27. The molecule has 0 aromatic heterocycles. The Morgan fingerprint density at radius 2 is 1.70 bits per heavy atom. The number of hydrogen-bond donors (Lipinski definition) is 2. The molecule has 0 saturated heterocycles. The summed E-state index contributed by atoms with van der Waals surface area (Å²) in [6, 6.07) is 0.0393. The van der Waals surface area contributed by atoms with E-state index in [9.17, 15) is 19.5 Å². The number of ether oxygens (including phenoxy) is 1. The van der Waals surface area contributed by atoms with Crippen LogP contribution < -0.4 is 5.32 Å². The molecule has 3 atom stereocenters. The van der Waals surface area contributed by atoms with Crippen LogP contribution in [0.4, 0.5) is 4.79 Å². The molecule has 1 aliphatic rings. The summed E-state index contributed by atoms with van der Waals surface area (Å²) >= 11 is 0. The standard InChI is InChI=1S/C27H52N2O4.C5H9NO/c1-5-7-9-10-11-18-29(27(32)28-17-8-6-2)19-20-33-24-14-12-13-23(21-24)15-16-25(22(3)4)26(30)31;1-2-3-4-6-5-7/h22-25H,5-21H2,1-4H3,(H,28,32)(H,30,31);2-4H2,1H3/t23-,24-,25?;/m1./s1. The molecule has 1 aliphatic carbocycles. The Morgan fingerprint density at radius 1 is 1.00 bits per heavy atom. The Kier molecular flexibility index (Phi) is 24.8. The molecule has 1 unspecified atom stereocenters. The van der Waals surface area contributed by atoms with E-state index in [1.807, 2.05) is 18.7 Å². The first-order chi connectivity index (χ1) is 19.3. The van der Waals surface area contributed by atoms with Crippen LogP contribution in [-0.2, 0) is 14.3 Å². The summed E-state index contributed by atoms with van der Waals surface area (Å²) in [7, 11) is 0. The number of nitrogens with one attached hydrogen (secondary N) is 1. The van der Waals surface area contributed by atoms with Gasteiger partial charge in [0.1, 0.15) is 0 Å². The van der Waals surface area contributed by atoms with Crippen LogP contribution >= 0.6 is 0 Å². The maximum absolute atomic E-state index is 12.6. The Labute approximate surface area is 245 Å². The van der Waals surface area contributed by atoms with E-state index in [-0.39, 0.29) is 24.0 Å². The predicted molar refractivity (Wildman–Crippen MR) is 163 cm³/mol. The summed E-state index contributed by atoms with van der Waals surface area (Å²) in [5.41, 5.74) is 0. The first-order valence-electron chi connectivity index (χ1n) is 16.2. The molecule has 8 nitrogen and oxygen atoms in total. The van der Waals surface area contributed by atoms with E-state index in [1.165, 1.54) is 38.2 Å². The summed E-state index contributed by atoms with van der Waals surface area (Å²) in [5, 5.41) is 12.5. The molecule has 0 bridgehead atoms. The molecule has 0 aliphatic heterocycles. The van der Waals surface area contributed by atoms with Crippen molar-refractivity contribution in [2.45, 2.75) is 137 Å². The molecule has 1 rings (SSSR count). The molecule has 0 aromatic carbocycles. The van der Waals surface area contributed by atoms with Gasteiger partial charge in [-0.05, 0) is 56.8 Å². The highest BCUT2D eigenvalue weighted by atomic mass is 16.5. The monoisotopic (exact) mass is 567 g/mol. The number of aliphatic imine (C=N–C) groups is 1. The van der Waals surface area contributed by atoms with Crippen molar-refractivity contribution in [2.24, 2.45) is 22.7 Å². The van der Waals surface area contributed by atoms with Gasteiger partial charge in [0.25, 0.3) is 0 Å². The van der Waals surface area contributed by atoms with E-state index in [1.54, 1.807) is 0 Å². The van der Waals surface area contributed by atoms with Crippen LogP contribution in [0, 0.1) is 17.8 Å². The number of nitrogens with zero attached hydrogens (tertiary/aromatic N) is 2. The molecule has 40 heavy (non-hydrogen) atoms. The minimum Gasteiger partial charge on any atom is -0.481 e. The van der Waals surface area contributed by atoms with Crippen molar-refractivity contribution in [1.82, 2.24) is 10.2 Å². The zero-order valence-electron chi connectivity index (χ0n) is 26.4. The van der Waals surface area contributed by atoms with Crippen LogP contribution in [0.5, 0.6) is 0 Å². The van der Waals surface area contributed by atoms with Crippen molar-refractivity contribution in [3.8, 4) is 0 Å². The fraction of sp³-hybridized carbons (Fsp3) is 0.906. The lowest BCUT2D eigenvalue weighted by Crippen LogP contribution is -2.43. The summed E-state index contributed by atoms with van der Waals surface area (Å²) in [5.74, 6) is -0.185. The van der Waals surface area contributed by atoms with E-state index < -0.39 is 5.97 Å². The van der Waals surface area contributed by atoms with Crippen molar-refractivity contribution >= 4 is 18.1 Å². The third kappa shape index (κ3) is 20.0. The van der Waals surface area contributed by atoms with Crippen LogP contribution in [0.15, 0.2) is 4.99 Å². The largest absolute Gasteiger partial charge is 0.481 e. The molecule has 0 spiro atoms. The minimum absolute atomic E-state index is 0.0393. The number of carbonyl (C=O) groups is 2. The number of rotatable bonds is 21. The van der Waals surface area contributed by atoms with Gasteiger partial charge in [0.2, 0.25) is 6.08 Å². The van der Waals surface area contributed by atoms with Crippen LogP contribution in [0.2, 0.25) is 0 Å². The van der Waals surface area contributed by atoms with Gasteiger partial charge >= 0.3 is 12.0 Å². The number of urea groups is 1.